The molecule has 1 saturated heterocycles. The minimum atomic E-state index is -0.988. The Morgan fingerprint density at radius 2 is 2.38 bits per heavy atom. The molecule has 2 aromatic heterocycles. The van der Waals surface area contributed by atoms with Crippen molar-refractivity contribution < 1.29 is 9.18 Å². The standard InChI is InChI=1S/C13H12ClFN4OS/c14-8-2-4-21-11(8)9-1-3-16-13(18-9)19-12(20)10-5-7(15)6-17-10/h1-4,7,10,17H,5-6H2,(H,16,18,19,20). The van der Waals surface area contributed by atoms with Gasteiger partial charge in [0.1, 0.15) is 6.17 Å². The van der Waals surface area contributed by atoms with E-state index in [1.54, 1.807) is 18.3 Å². The van der Waals surface area contributed by atoms with Crippen LogP contribution in [0.3, 0.4) is 0 Å². The van der Waals surface area contributed by atoms with Crippen LogP contribution in [0.25, 0.3) is 10.6 Å². The maximum atomic E-state index is 13.1. The van der Waals surface area contributed by atoms with Crippen molar-refractivity contribution in [2.45, 2.75) is 18.6 Å². The summed E-state index contributed by atoms with van der Waals surface area (Å²) in [7, 11) is 0. The lowest BCUT2D eigenvalue weighted by atomic mass is 10.2. The Morgan fingerprint density at radius 3 is 3.05 bits per heavy atom. The number of aromatic nitrogens is 2. The van der Waals surface area contributed by atoms with Crippen LogP contribution < -0.4 is 10.6 Å². The van der Waals surface area contributed by atoms with Crippen LogP contribution >= 0.6 is 22.9 Å². The topological polar surface area (TPSA) is 66.9 Å². The van der Waals surface area contributed by atoms with Gasteiger partial charge >= 0.3 is 0 Å². The third-order valence-corrected chi connectivity index (χ3v) is 4.50. The van der Waals surface area contributed by atoms with E-state index < -0.39 is 12.2 Å². The Balaban J connectivity index is 1.75. The molecule has 2 aromatic rings. The van der Waals surface area contributed by atoms with E-state index in [2.05, 4.69) is 20.6 Å². The first-order valence-electron chi connectivity index (χ1n) is 6.38. The van der Waals surface area contributed by atoms with Gasteiger partial charge in [0.15, 0.2) is 0 Å². The van der Waals surface area contributed by atoms with Gasteiger partial charge in [-0.25, -0.2) is 14.4 Å². The number of nitrogens with one attached hydrogen (secondary N) is 2. The molecule has 0 saturated carbocycles. The first-order valence-corrected chi connectivity index (χ1v) is 7.64. The summed E-state index contributed by atoms with van der Waals surface area (Å²) < 4.78 is 13.1. The van der Waals surface area contributed by atoms with Crippen molar-refractivity contribution in [3.05, 3.63) is 28.7 Å². The van der Waals surface area contributed by atoms with E-state index in [4.69, 9.17) is 11.6 Å². The second-order valence-corrected chi connectivity index (χ2v) is 5.97. The first-order chi connectivity index (χ1) is 10.1. The van der Waals surface area contributed by atoms with Crippen molar-refractivity contribution in [2.75, 3.05) is 11.9 Å². The number of amides is 1. The molecule has 3 rings (SSSR count). The molecule has 1 fully saturated rings. The highest BCUT2D eigenvalue weighted by Gasteiger charge is 2.29. The summed E-state index contributed by atoms with van der Waals surface area (Å²) in [6, 6.07) is 2.96. The van der Waals surface area contributed by atoms with Gasteiger partial charge in [0, 0.05) is 19.2 Å². The molecule has 0 aliphatic carbocycles. The van der Waals surface area contributed by atoms with Crippen LogP contribution in [0.15, 0.2) is 23.7 Å². The molecular formula is C13H12ClFN4OS. The number of hydrogen-bond acceptors (Lipinski definition) is 5. The smallest absolute Gasteiger partial charge is 0.243 e. The normalized spacial score (nSPS) is 21.4. The largest absolute Gasteiger partial charge is 0.303 e. The maximum Gasteiger partial charge on any atom is 0.243 e. The van der Waals surface area contributed by atoms with Crippen LogP contribution in [0, 0.1) is 0 Å². The molecule has 1 aliphatic rings. The molecule has 0 bridgehead atoms. The summed E-state index contributed by atoms with van der Waals surface area (Å²) in [5.41, 5.74) is 0.642. The fourth-order valence-electron chi connectivity index (χ4n) is 2.11. The number of nitrogens with zero attached hydrogens (tertiary/aromatic N) is 2. The Bertz CT molecular complexity index is 665. The number of carbonyl (C=O) groups is 1. The quantitative estimate of drug-likeness (QED) is 0.909. The second-order valence-electron chi connectivity index (χ2n) is 4.65. The Hall–Kier alpha value is -1.57. The minimum absolute atomic E-state index is 0.169. The highest BCUT2D eigenvalue weighted by molar-refractivity contribution is 7.14. The molecule has 21 heavy (non-hydrogen) atoms. The molecule has 0 aromatic carbocycles. The first kappa shape index (κ1) is 14.4. The summed E-state index contributed by atoms with van der Waals surface area (Å²) >= 11 is 7.52. The monoisotopic (exact) mass is 326 g/mol. The Kier molecular flexibility index (Phi) is 4.14. The SMILES string of the molecule is O=C(Nc1nccc(-c2sccc2Cl)n1)C1CC(F)CN1. The summed E-state index contributed by atoms with van der Waals surface area (Å²) in [5, 5.41) is 7.88. The molecule has 3 heterocycles. The molecule has 1 amide bonds. The summed E-state index contributed by atoms with van der Waals surface area (Å²) in [6.07, 6.45) is 0.731. The van der Waals surface area contributed by atoms with Crippen molar-refractivity contribution in [3.8, 4) is 10.6 Å². The van der Waals surface area contributed by atoms with Gasteiger partial charge in [-0.1, -0.05) is 11.6 Å². The number of alkyl halides is 1. The molecule has 0 spiro atoms. The van der Waals surface area contributed by atoms with Gasteiger partial charge in [0.05, 0.1) is 21.6 Å². The molecule has 2 unspecified atom stereocenters. The van der Waals surface area contributed by atoms with E-state index in [0.29, 0.717) is 10.7 Å². The zero-order chi connectivity index (χ0) is 14.8. The maximum absolute atomic E-state index is 13.1. The average molecular weight is 327 g/mol. The lowest BCUT2D eigenvalue weighted by Crippen LogP contribution is -2.36. The Labute approximate surface area is 129 Å². The van der Waals surface area contributed by atoms with Crippen LogP contribution in [0.4, 0.5) is 10.3 Å². The van der Waals surface area contributed by atoms with Crippen LogP contribution in [0.2, 0.25) is 5.02 Å². The third-order valence-electron chi connectivity index (χ3n) is 3.13. The number of halogens is 2. The molecule has 0 radical (unpaired) electrons. The lowest BCUT2D eigenvalue weighted by molar-refractivity contribution is -0.117. The van der Waals surface area contributed by atoms with Gasteiger partial charge < -0.3 is 5.32 Å². The average Bonchev–Trinajstić information content (AvgIpc) is 3.08. The summed E-state index contributed by atoms with van der Waals surface area (Å²) in [6.45, 7) is 0.198. The van der Waals surface area contributed by atoms with Crippen molar-refractivity contribution in [1.82, 2.24) is 15.3 Å². The number of anilines is 1. The summed E-state index contributed by atoms with van der Waals surface area (Å²) in [4.78, 5) is 21.1. The highest BCUT2D eigenvalue weighted by Crippen LogP contribution is 2.31. The summed E-state index contributed by atoms with van der Waals surface area (Å²) in [5.74, 6) is -0.143. The van der Waals surface area contributed by atoms with E-state index in [0.717, 1.165) is 4.88 Å². The van der Waals surface area contributed by atoms with Crippen molar-refractivity contribution in [3.63, 3.8) is 0 Å². The van der Waals surface area contributed by atoms with Crippen LogP contribution in [-0.4, -0.2) is 34.6 Å². The zero-order valence-corrected chi connectivity index (χ0v) is 12.4. The molecule has 5 nitrogen and oxygen atoms in total. The van der Waals surface area contributed by atoms with E-state index >= 15 is 0 Å². The van der Waals surface area contributed by atoms with E-state index in [-0.39, 0.29) is 24.8 Å². The zero-order valence-electron chi connectivity index (χ0n) is 10.8. The number of hydrogen-bond donors (Lipinski definition) is 2. The highest BCUT2D eigenvalue weighted by atomic mass is 35.5. The van der Waals surface area contributed by atoms with E-state index in [1.165, 1.54) is 11.3 Å². The van der Waals surface area contributed by atoms with Gasteiger partial charge in [-0.2, -0.15) is 0 Å². The van der Waals surface area contributed by atoms with E-state index in [9.17, 15) is 9.18 Å². The predicted octanol–water partition coefficient (Wildman–Crippen LogP) is 2.50. The van der Waals surface area contributed by atoms with E-state index in [1.807, 2.05) is 5.38 Å². The van der Waals surface area contributed by atoms with Gasteiger partial charge in [0.2, 0.25) is 11.9 Å². The van der Waals surface area contributed by atoms with Crippen molar-refractivity contribution in [2.24, 2.45) is 0 Å². The second kappa shape index (κ2) is 6.05. The number of carbonyl (C=O) groups excluding carboxylic acids is 1. The van der Waals surface area contributed by atoms with Crippen molar-refractivity contribution in [1.29, 1.82) is 0 Å². The molecule has 110 valence electrons. The van der Waals surface area contributed by atoms with Gasteiger partial charge in [-0.15, -0.1) is 11.3 Å². The van der Waals surface area contributed by atoms with Crippen molar-refractivity contribution >= 4 is 34.8 Å². The minimum Gasteiger partial charge on any atom is -0.303 e. The Morgan fingerprint density at radius 1 is 1.52 bits per heavy atom. The number of rotatable bonds is 3. The molecular weight excluding hydrogens is 315 g/mol. The fraction of sp³-hybridized carbons (Fsp3) is 0.308. The molecule has 1 aliphatic heterocycles. The molecule has 2 N–H and O–H groups in total. The van der Waals surface area contributed by atoms with Crippen LogP contribution in [-0.2, 0) is 4.79 Å². The molecule has 8 heteroatoms. The van der Waals surface area contributed by atoms with Gasteiger partial charge in [0.25, 0.3) is 0 Å². The predicted molar refractivity (Wildman–Crippen MR) is 80.3 cm³/mol. The van der Waals surface area contributed by atoms with Crippen LogP contribution in [0.1, 0.15) is 6.42 Å². The number of thiophene rings is 1. The lowest BCUT2D eigenvalue weighted by Gasteiger charge is -2.10. The third kappa shape index (κ3) is 3.20. The fourth-order valence-corrected chi connectivity index (χ4v) is 3.23. The van der Waals surface area contributed by atoms with Gasteiger partial charge in [-0.3, -0.25) is 10.1 Å². The van der Waals surface area contributed by atoms with Gasteiger partial charge in [-0.05, 0) is 17.5 Å². The van der Waals surface area contributed by atoms with Crippen LogP contribution in [0.5, 0.6) is 0 Å². The molecule has 2 atom stereocenters.